The van der Waals surface area contributed by atoms with E-state index >= 15 is 0 Å². The van der Waals surface area contributed by atoms with Gasteiger partial charge in [-0.05, 0) is 24.0 Å². The Morgan fingerprint density at radius 2 is 1.09 bits per heavy atom. The van der Waals surface area contributed by atoms with Gasteiger partial charge in [0, 0.05) is 12.8 Å². The molecule has 22 heavy (non-hydrogen) atoms. The molecule has 0 spiro atoms. The largest absolute Gasteiger partial charge is 0.385 e. The minimum Gasteiger partial charge on any atom is -0.385 e. The lowest BCUT2D eigenvalue weighted by Gasteiger charge is -2.26. The van der Waals surface area contributed by atoms with E-state index in [4.69, 9.17) is 0 Å². The topological polar surface area (TPSA) is 40.5 Å². The number of rotatable bonds is 4. The quantitative estimate of drug-likeness (QED) is 0.895. The molecule has 3 rings (SSSR count). The molecule has 2 nitrogen and oxygen atoms in total. The molecule has 1 aromatic carbocycles. The molecule has 0 amide bonds. The Balaban J connectivity index is 1.65. The van der Waals surface area contributed by atoms with Crippen molar-refractivity contribution in [2.75, 3.05) is 0 Å². The predicted molar refractivity (Wildman–Crippen MR) is 89.5 cm³/mol. The number of hydrogen-bond donors (Lipinski definition) is 2. The molecule has 0 bridgehead atoms. The van der Waals surface area contributed by atoms with Crippen molar-refractivity contribution in [2.24, 2.45) is 0 Å². The van der Waals surface area contributed by atoms with Crippen LogP contribution < -0.4 is 0 Å². The number of aliphatic hydroxyl groups is 2. The standard InChI is InChI=1S/C20H22O2/c21-19(11-3-1-4-12-19)15-17-7-9-18(10-8-17)16-20(22)13-5-2-6-14-20/h1-11,13,21-22H,12,14-16H2. The molecule has 0 heterocycles. The normalized spacial score (nSPS) is 29.9. The maximum atomic E-state index is 10.5. The zero-order valence-electron chi connectivity index (χ0n) is 12.7. The fraction of sp³-hybridized carbons (Fsp3) is 0.300. The van der Waals surface area contributed by atoms with Crippen molar-refractivity contribution in [1.29, 1.82) is 0 Å². The van der Waals surface area contributed by atoms with Gasteiger partial charge in [-0.25, -0.2) is 0 Å². The highest BCUT2D eigenvalue weighted by molar-refractivity contribution is 5.30. The Kier molecular flexibility index (Phi) is 4.14. The molecular formula is C20H22O2. The van der Waals surface area contributed by atoms with E-state index in [1.54, 1.807) is 0 Å². The van der Waals surface area contributed by atoms with Gasteiger partial charge in [0.25, 0.3) is 0 Å². The third-order valence-electron chi connectivity index (χ3n) is 4.29. The molecule has 2 unspecified atom stereocenters. The Bertz CT molecular complexity index is 579. The van der Waals surface area contributed by atoms with Crippen molar-refractivity contribution in [3.8, 4) is 0 Å². The van der Waals surface area contributed by atoms with Crippen LogP contribution in [0, 0.1) is 0 Å². The lowest BCUT2D eigenvalue weighted by molar-refractivity contribution is 0.0921. The molecular weight excluding hydrogens is 272 g/mol. The van der Waals surface area contributed by atoms with Crippen LogP contribution >= 0.6 is 0 Å². The molecule has 2 atom stereocenters. The van der Waals surface area contributed by atoms with Crippen LogP contribution in [0.3, 0.4) is 0 Å². The monoisotopic (exact) mass is 294 g/mol. The van der Waals surface area contributed by atoms with Gasteiger partial charge in [0.1, 0.15) is 0 Å². The molecule has 2 aliphatic rings. The van der Waals surface area contributed by atoms with E-state index in [1.165, 1.54) is 0 Å². The summed E-state index contributed by atoms with van der Waals surface area (Å²) in [5.74, 6) is 0. The van der Waals surface area contributed by atoms with Crippen LogP contribution in [0.4, 0.5) is 0 Å². The van der Waals surface area contributed by atoms with Crippen LogP contribution in [-0.4, -0.2) is 21.4 Å². The van der Waals surface area contributed by atoms with Crippen molar-refractivity contribution in [3.05, 3.63) is 84.0 Å². The lowest BCUT2D eigenvalue weighted by atomic mass is 9.86. The smallest absolute Gasteiger partial charge is 0.0905 e. The van der Waals surface area contributed by atoms with E-state index in [-0.39, 0.29) is 0 Å². The highest BCUT2D eigenvalue weighted by atomic mass is 16.3. The summed E-state index contributed by atoms with van der Waals surface area (Å²) >= 11 is 0. The van der Waals surface area contributed by atoms with Crippen molar-refractivity contribution >= 4 is 0 Å². The van der Waals surface area contributed by atoms with Crippen molar-refractivity contribution in [2.45, 2.75) is 36.9 Å². The van der Waals surface area contributed by atoms with Crippen LogP contribution in [0.5, 0.6) is 0 Å². The molecule has 0 fully saturated rings. The maximum Gasteiger partial charge on any atom is 0.0905 e. The lowest BCUT2D eigenvalue weighted by Crippen LogP contribution is -2.30. The Labute approximate surface area is 131 Å². The molecule has 114 valence electrons. The highest BCUT2D eigenvalue weighted by Gasteiger charge is 2.25. The summed E-state index contributed by atoms with van der Waals surface area (Å²) in [7, 11) is 0. The SMILES string of the molecule is OC1(Cc2ccc(CC3(O)C=CC=CC3)cc2)C=CC=CC1. The van der Waals surface area contributed by atoms with E-state index in [0.717, 1.165) is 11.1 Å². The molecule has 0 aliphatic heterocycles. The van der Waals surface area contributed by atoms with Gasteiger partial charge in [0.2, 0.25) is 0 Å². The van der Waals surface area contributed by atoms with E-state index in [9.17, 15) is 10.2 Å². The number of benzene rings is 1. The van der Waals surface area contributed by atoms with Gasteiger partial charge < -0.3 is 10.2 Å². The molecule has 0 radical (unpaired) electrons. The predicted octanol–water partition coefficient (Wildman–Crippen LogP) is 3.27. The first-order valence-electron chi connectivity index (χ1n) is 7.78. The van der Waals surface area contributed by atoms with Crippen LogP contribution in [0.25, 0.3) is 0 Å². The minimum absolute atomic E-state index is 0.612. The zero-order chi connectivity index (χ0) is 15.5. The van der Waals surface area contributed by atoms with Gasteiger partial charge in [-0.15, -0.1) is 0 Å². The first-order chi connectivity index (χ1) is 10.6. The molecule has 0 aromatic heterocycles. The van der Waals surface area contributed by atoms with E-state index in [2.05, 4.69) is 0 Å². The van der Waals surface area contributed by atoms with Gasteiger partial charge in [-0.3, -0.25) is 0 Å². The van der Waals surface area contributed by atoms with Crippen LogP contribution in [-0.2, 0) is 12.8 Å². The summed E-state index contributed by atoms with van der Waals surface area (Å²) in [6, 6.07) is 8.19. The molecule has 1 aromatic rings. The fourth-order valence-electron chi connectivity index (χ4n) is 3.05. The summed E-state index contributed by atoms with van der Waals surface area (Å²) in [5, 5.41) is 21.0. The Hall–Kier alpha value is -1.90. The average molecular weight is 294 g/mol. The van der Waals surface area contributed by atoms with Gasteiger partial charge in [-0.2, -0.15) is 0 Å². The van der Waals surface area contributed by atoms with Crippen LogP contribution in [0.15, 0.2) is 72.9 Å². The third kappa shape index (κ3) is 3.65. The van der Waals surface area contributed by atoms with Gasteiger partial charge >= 0.3 is 0 Å². The van der Waals surface area contributed by atoms with Crippen LogP contribution in [0.1, 0.15) is 24.0 Å². The van der Waals surface area contributed by atoms with Crippen LogP contribution in [0.2, 0.25) is 0 Å². The van der Waals surface area contributed by atoms with Gasteiger partial charge in [-0.1, -0.05) is 72.9 Å². The summed E-state index contributed by atoms with van der Waals surface area (Å²) in [5.41, 5.74) is 0.672. The van der Waals surface area contributed by atoms with Crippen molar-refractivity contribution < 1.29 is 10.2 Å². The fourth-order valence-corrected chi connectivity index (χ4v) is 3.05. The minimum atomic E-state index is -0.772. The van der Waals surface area contributed by atoms with E-state index in [0.29, 0.717) is 25.7 Å². The molecule has 2 aliphatic carbocycles. The van der Waals surface area contributed by atoms with Crippen molar-refractivity contribution in [1.82, 2.24) is 0 Å². The van der Waals surface area contributed by atoms with Gasteiger partial charge in [0.05, 0.1) is 11.2 Å². The summed E-state index contributed by atoms with van der Waals surface area (Å²) in [6.45, 7) is 0. The second-order valence-corrected chi connectivity index (χ2v) is 6.36. The first kappa shape index (κ1) is 15.0. The third-order valence-corrected chi connectivity index (χ3v) is 4.29. The summed E-state index contributed by atoms with van der Waals surface area (Å²) in [4.78, 5) is 0. The van der Waals surface area contributed by atoms with E-state index in [1.807, 2.05) is 72.9 Å². The zero-order valence-corrected chi connectivity index (χ0v) is 12.7. The number of allylic oxidation sites excluding steroid dienone is 4. The molecule has 2 N–H and O–H groups in total. The van der Waals surface area contributed by atoms with E-state index < -0.39 is 11.2 Å². The Morgan fingerprint density at radius 3 is 1.41 bits per heavy atom. The van der Waals surface area contributed by atoms with Crippen molar-refractivity contribution in [3.63, 3.8) is 0 Å². The first-order valence-corrected chi connectivity index (χ1v) is 7.78. The average Bonchev–Trinajstić information content (AvgIpc) is 2.50. The summed E-state index contributed by atoms with van der Waals surface area (Å²) in [6.07, 6.45) is 18.0. The second-order valence-electron chi connectivity index (χ2n) is 6.36. The molecule has 2 heteroatoms. The Morgan fingerprint density at radius 1 is 0.682 bits per heavy atom. The highest BCUT2D eigenvalue weighted by Crippen LogP contribution is 2.25. The maximum absolute atomic E-state index is 10.5. The number of hydrogen-bond acceptors (Lipinski definition) is 2. The molecule has 0 saturated heterocycles. The van der Waals surface area contributed by atoms with Gasteiger partial charge in [0.15, 0.2) is 0 Å². The summed E-state index contributed by atoms with van der Waals surface area (Å²) < 4.78 is 0. The second kappa shape index (κ2) is 6.07. The molecule has 0 saturated carbocycles.